The van der Waals surface area contributed by atoms with E-state index in [2.05, 4.69) is 29.1 Å². The topological polar surface area (TPSA) is 78.3 Å². The van der Waals surface area contributed by atoms with E-state index in [0.717, 1.165) is 18.7 Å². The summed E-state index contributed by atoms with van der Waals surface area (Å²) in [5.74, 6) is 0.363. The van der Waals surface area contributed by atoms with Crippen LogP contribution in [0.4, 0.5) is 13.2 Å². The van der Waals surface area contributed by atoms with Crippen LogP contribution in [0.2, 0.25) is 0 Å². The van der Waals surface area contributed by atoms with Crippen LogP contribution in [-0.2, 0) is 12.6 Å². The van der Waals surface area contributed by atoms with E-state index < -0.39 is 17.8 Å². The molecule has 5 nitrogen and oxygen atoms in total. The molecule has 3 N–H and O–H groups in total. The van der Waals surface area contributed by atoms with Crippen LogP contribution >= 0.6 is 0 Å². The number of aliphatic hydroxyl groups excluding tert-OH is 2. The van der Waals surface area contributed by atoms with Gasteiger partial charge in [0.15, 0.2) is 5.82 Å². The van der Waals surface area contributed by atoms with Gasteiger partial charge in [-0.15, -0.1) is 0 Å². The molecule has 1 aliphatic rings. The summed E-state index contributed by atoms with van der Waals surface area (Å²) in [5.41, 5.74) is 0.226. The van der Waals surface area contributed by atoms with Gasteiger partial charge in [-0.3, -0.25) is 0 Å². The fourth-order valence-electron chi connectivity index (χ4n) is 4.09. The van der Waals surface area contributed by atoms with Crippen molar-refractivity contribution >= 4 is 0 Å². The normalized spacial score (nSPS) is 24.5. The van der Waals surface area contributed by atoms with Crippen molar-refractivity contribution in [3.63, 3.8) is 0 Å². The molecule has 0 unspecified atom stereocenters. The molecule has 1 saturated carbocycles. The number of halogens is 3. The maximum atomic E-state index is 13.0. The van der Waals surface area contributed by atoms with Crippen molar-refractivity contribution in [2.45, 2.75) is 45.0 Å². The van der Waals surface area contributed by atoms with E-state index in [0.29, 0.717) is 30.0 Å². The highest BCUT2D eigenvalue weighted by Gasteiger charge is 2.42. The van der Waals surface area contributed by atoms with Gasteiger partial charge >= 0.3 is 6.18 Å². The number of nitrogens with zero attached hydrogens (tertiary/aromatic N) is 2. The Bertz CT molecular complexity index is 844. The van der Waals surface area contributed by atoms with Crippen LogP contribution in [0.1, 0.15) is 31.5 Å². The molecule has 0 bridgehead atoms. The number of benzene rings is 1. The van der Waals surface area contributed by atoms with E-state index in [4.69, 9.17) is 0 Å². The lowest BCUT2D eigenvalue weighted by atomic mass is 9.88. The SMILES string of the molecule is CC(C)CN[C@@H]1C[C@@H](O)[C@H](CO)[C@H]1Cc1ccnc(-c2cccc(C(F)(F)F)c2)n1. The third-order valence-corrected chi connectivity index (χ3v) is 5.66. The van der Waals surface area contributed by atoms with Gasteiger partial charge in [-0.2, -0.15) is 13.2 Å². The van der Waals surface area contributed by atoms with Crippen LogP contribution in [0.3, 0.4) is 0 Å². The monoisotopic (exact) mass is 423 g/mol. The Kier molecular flexibility index (Phi) is 7.10. The minimum absolute atomic E-state index is 0.0338. The molecular weight excluding hydrogens is 395 g/mol. The lowest BCUT2D eigenvalue weighted by Gasteiger charge is -2.25. The van der Waals surface area contributed by atoms with Crippen LogP contribution in [0.15, 0.2) is 36.5 Å². The highest BCUT2D eigenvalue weighted by Crippen LogP contribution is 2.35. The third-order valence-electron chi connectivity index (χ3n) is 5.66. The molecule has 1 aromatic carbocycles. The smallest absolute Gasteiger partial charge is 0.396 e. The zero-order valence-electron chi connectivity index (χ0n) is 17.1. The molecule has 0 amide bonds. The fraction of sp³-hybridized carbons (Fsp3) is 0.545. The van der Waals surface area contributed by atoms with Crippen LogP contribution in [-0.4, -0.2) is 45.5 Å². The highest BCUT2D eigenvalue weighted by molar-refractivity contribution is 5.56. The number of rotatable bonds is 7. The quantitative estimate of drug-likeness (QED) is 0.637. The van der Waals surface area contributed by atoms with E-state index in [1.807, 2.05) is 0 Å². The maximum Gasteiger partial charge on any atom is 0.416 e. The molecule has 8 heteroatoms. The number of hydrogen-bond donors (Lipinski definition) is 3. The molecule has 0 spiro atoms. The predicted molar refractivity (Wildman–Crippen MR) is 107 cm³/mol. The van der Waals surface area contributed by atoms with Crippen molar-refractivity contribution in [1.29, 1.82) is 0 Å². The second-order valence-corrected chi connectivity index (χ2v) is 8.38. The number of alkyl halides is 3. The Morgan fingerprint density at radius 1 is 1.20 bits per heavy atom. The van der Waals surface area contributed by atoms with Gasteiger partial charge in [-0.25, -0.2) is 9.97 Å². The summed E-state index contributed by atoms with van der Waals surface area (Å²) in [6, 6.07) is 6.72. The van der Waals surface area contributed by atoms with Crippen LogP contribution in [0, 0.1) is 17.8 Å². The first-order valence-electron chi connectivity index (χ1n) is 10.2. The molecule has 1 aromatic heterocycles. The van der Waals surface area contributed by atoms with E-state index in [-0.39, 0.29) is 30.3 Å². The van der Waals surface area contributed by atoms with E-state index >= 15 is 0 Å². The summed E-state index contributed by atoms with van der Waals surface area (Å²) in [6.45, 7) is 4.87. The second kappa shape index (κ2) is 9.41. The molecule has 30 heavy (non-hydrogen) atoms. The maximum absolute atomic E-state index is 13.0. The Balaban J connectivity index is 1.83. The number of aliphatic hydroxyl groups is 2. The van der Waals surface area contributed by atoms with Gasteiger partial charge in [0.1, 0.15) is 0 Å². The molecule has 164 valence electrons. The standard InChI is InChI=1S/C22H28F3N3O2/c1-13(2)11-27-19-10-20(30)18(12-29)17(19)9-16-6-7-26-21(28-16)14-4-3-5-15(8-14)22(23,24)25/h3-8,13,17-20,27,29-30H,9-12H2,1-2H3/t17-,18-,19-,20-/m1/s1. The Hall–Kier alpha value is -2.03. The van der Waals surface area contributed by atoms with Crippen LogP contribution in [0.25, 0.3) is 11.4 Å². The molecule has 1 aliphatic carbocycles. The van der Waals surface area contributed by atoms with Crippen molar-refractivity contribution in [2.24, 2.45) is 17.8 Å². The van der Waals surface area contributed by atoms with Crippen molar-refractivity contribution in [1.82, 2.24) is 15.3 Å². The zero-order chi connectivity index (χ0) is 21.9. The Morgan fingerprint density at radius 2 is 1.97 bits per heavy atom. The lowest BCUT2D eigenvalue weighted by molar-refractivity contribution is -0.137. The summed E-state index contributed by atoms with van der Waals surface area (Å²) in [5, 5.41) is 23.6. The summed E-state index contributed by atoms with van der Waals surface area (Å²) in [6.07, 6.45) is -2.46. The Morgan fingerprint density at radius 3 is 2.63 bits per heavy atom. The molecule has 3 rings (SSSR count). The largest absolute Gasteiger partial charge is 0.416 e. The second-order valence-electron chi connectivity index (χ2n) is 8.38. The van der Waals surface area contributed by atoms with Gasteiger partial charge in [0, 0.05) is 36.0 Å². The van der Waals surface area contributed by atoms with Crippen molar-refractivity contribution in [2.75, 3.05) is 13.2 Å². The molecule has 2 aromatic rings. The van der Waals surface area contributed by atoms with Crippen LogP contribution < -0.4 is 5.32 Å². The summed E-state index contributed by atoms with van der Waals surface area (Å²) >= 11 is 0. The molecule has 1 heterocycles. The van der Waals surface area contributed by atoms with Gasteiger partial charge in [0.05, 0.1) is 11.7 Å². The Labute approximate surface area is 174 Å². The highest BCUT2D eigenvalue weighted by atomic mass is 19.4. The molecule has 0 saturated heterocycles. The van der Waals surface area contributed by atoms with E-state index in [9.17, 15) is 23.4 Å². The van der Waals surface area contributed by atoms with Gasteiger partial charge < -0.3 is 15.5 Å². The minimum atomic E-state index is -4.43. The summed E-state index contributed by atoms with van der Waals surface area (Å²) < 4.78 is 39.1. The number of hydrogen-bond acceptors (Lipinski definition) is 5. The molecule has 0 radical (unpaired) electrons. The van der Waals surface area contributed by atoms with Gasteiger partial charge in [-0.05, 0) is 49.4 Å². The fourth-order valence-corrected chi connectivity index (χ4v) is 4.09. The molecule has 0 aliphatic heterocycles. The van der Waals surface area contributed by atoms with E-state index in [1.165, 1.54) is 12.3 Å². The average Bonchev–Trinajstić information content (AvgIpc) is 3.00. The first-order valence-corrected chi connectivity index (χ1v) is 10.2. The first kappa shape index (κ1) is 22.7. The molecule has 4 atom stereocenters. The first-order chi connectivity index (χ1) is 14.2. The zero-order valence-corrected chi connectivity index (χ0v) is 17.1. The van der Waals surface area contributed by atoms with Crippen LogP contribution in [0.5, 0.6) is 0 Å². The molecule has 1 fully saturated rings. The summed E-state index contributed by atoms with van der Waals surface area (Å²) in [4.78, 5) is 8.63. The van der Waals surface area contributed by atoms with Gasteiger partial charge in [0.25, 0.3) is 0 Å². The lowest BCUT2D eigenvalue weighted by Crippen LogP contribution is -2.38. The number of aromatic nitrogens is 2. The molecular formula is C22H28F3N3O2. The van der Waals surface area contributed by atoms with Gasteiger partial charge in [-0.1, -0.05) is 26.0 Å². The van der Waals surface area contributed by atoms with Crippen molar-refractivity contribution in [3.05, 3.63) is 47.8 Å². The number of nitrogens with one attached hydrogen (secondary N) is 1. The predicted octanol–water partition coefficient (Wildman–Crippen LogP) is 3.31. The third kappa shape index (κ3) is 5.36. The summed E-state index contributed by atoms with van der Waals surface area (Å²) in [7, 11) is 0. The van der Waals surface area contributed by atoms with Gasteiger partial charge in [0.2, 0.25) is 0 Å². The average molecular weight is 423 g/mol. The van der Waals surface area contributed by atoms with E-state index in [1.54, 1.807) is 12.1 Å². The minimum Gasteiger partial charge on any atom is -0.396 e. The van der Waals surface area contributed by atoms with Crippen molar-refractivity contribution in [3.8, 4) is 11.4 Å². The van der Waals surface area contributed by atoms with Crippen molar-refractivity contribution < 1.29 is 23.4 Å².